The van der Waals surface area contributed by atoms with Crippen LogP contribution in [0.3, 0.4) is 0 Å². The van der Waals surface area contributed by atoms with Gasteiger partial charge in [-0.3, -0.25) is 9.20 Å². The zero-order chi connectivity index (χ0) is 18.1. The molecule has 2 heterocycles. The summed E-state index contributed by atoms with van der Waals surface area (Å²) in [6.45, 7) is 1.73. The van der Waals surface area contributed by atoms with Crippen molar-refractivity contribution in [3.8, 4) is 11.5 Å². The van der Waals surface area contributed by atoms with E-state index in [9.17, 15) is 9.59 Å². The maximum atomic E-state index is 12.2. The molecule has 0 aliphatic carbocycles. The molecule has 0 amide bonds. The van der Waals surface area contributed by atoms with Crippen molar-refractivity contribution in [2.24, 2.45) is 0 Å². The summed E-state index contributed by atoms with van der Waals surface area (Å²) in [7, 11) is 0. The lowest BCUT2D eigenvalue weighted by atomic mass is 10.2. The second-order valence-electron chi connectivity index (χ2n) is 5.82. The highest BCUT2D eigenvalue weighted by atomic mass is 16.5. The van der Waals surface area contributed by atoms with Gasteiger partial charge in [-0.15, -0.1) is 0 Å². The van der Waals surface area contributed by atoms with Crippen molar-refractivity contribution in [3.05, 3.63) is 76.8 Å². The van der Waals surface area contributed by atoms with Gasteiger partial charge in [0.15, 0.2) is 5.75 Å². The minimum absolute atomic E-state index is 0.291. The molecule has 0 saturated carbocycles. The number of carbonyl (C=O) groups excluding carboxylic acids is 1. The number of hydrogen-bond donors (Lipinski definition) is 0. The second-order valence-corrected chi connectivity index (χ2v) is 5.82. The van der Waals surface area contributed by atoms with Crippen LogP contribution >= 0.6 is 0 Å². The van der Waals surface area contributed by atoms with Crippen LogP contribution in [0.15, 0.2) is 70.0 Å². The molecule has 0 atom stereocenters. The van der Waals surface area contributed by atoms with Crippen molar-refractivity contribution in [2.45, 2.75) is 13.5 Å². The van der Waals surface area contributed by atoms with Gasteiger partial charge in [-0.2, -0.15) is 0 Å². The van der Waals surface area contributed by atoms with Crippen LogP contribution in [-0.2, 0) is 11.4 Å². The third kappa shape index (κ3) is 3.04. The van der Waals surface area contributed by atoms with Crippen LogP contribution in [0.2, 0.25) is 0 Å². The molecular weight excluding hydrogens is 334 g/mol. The van der Waals surface area contributed by atoms with Gasteiger partial charge in [-0.1, -0.05) is 30.3 Å². The van der Waals surface area contributed by atoms with E-state index in [2.05, 4.69) is 0 Å². The normalized spacial score (nSPS) is 11.0. The molecule has 6 heteroatoms. The molecule has 130 valence electrons. The lowest BCUT2D eigenvalue weighted by molar-refractivity contribution is -0.131. The number of benzene rings is 2. The Kier molecular flexibility index (Phi) is 3.93. The maximum absolute atomic E-state index is 12.2. The van der Waals surface area contributed by atoms with Crippen LogP contribution in [-0.4, -0.2) is 10.4 Å². The van der Waals surface area contributed by atoms with Crippen molar-refractivity contribution in [1.82, 2.24) is 4.40 Å². The number of esters is 1. The molecule has 0 aliphatic heterocycles. The Morgan fingerprint density at radius 1 is 1.08 bits per heavy atom. The predicted molar refractivity (Wildman–Crippen MR) is 95.5 cm³/mol. The number of carbonyl (C=O) groups is 1. The summed E-state index contributed by atoms with van der Waals surface area (Å²) < 4.78 is 17.8. The van der Waals surface area contributed by atoms with Crippen LogP contribution in [0.4, 0.5) is 0 Å². The van der Waals surface area contributed by atoms with Gasteiger partial charge in [-0.05, 0) is 17.7 Å². The van der Waals surface area contributed by atoms with E-state index in [-0.39, 0.29) is 0 Å². The van der Waals surface area contributed by atoms with Crippen molar-refractivity contribution in [3.63, 3.8) is 0 Å². The number of aromatic nitrogens is 1. The topological polar surface area (TPSA) is 70.1 Å². The van der Waals surface area contributed by atoms with Crippen molar-refractivity contribution in [1.29, 1.82) is 0 Å². The minimum Gasteiger partial charge on any atom is -0.489 e. The molecule has 0 bridgehead atoms. The summed E-state index contributed by atoms with van der Waals surface area (Å²) in [5, 5.41) is 0.412. The summed E-state index contributed by atoms with van der Waals surface area (Å²) in [6, 6.07) is 16.4. The number of nitrogens with zero attached hydrogens (tertiary/aromatic N) is 1. The molecule has 26 heavy (non-hydrogen) atoms. The van der Waals surface area contributed by atoms with Gasteiger partial charge < -0.3 is 13.9 Å². The van der Waals surface area contributed by atoms with Gasteiger partial charge in [0.1, 0.15) is 12.4 Å². The Labute approximate surface area is 148 Å². The van der Waals surface area contributed by atoms with Gasteiger partial charge in [0.2, 0.25) is 5.71 Å². The summed E-state index contributed by atoms with van der Waals surface area (Å²) in [5.41, 5.74) is 1.48. The van der Waals surface area contributed by atoms with Crippen LogP contribution in [0.5, 0.6) is 11.5 Å². The SMILES string of the molecule is CC(=O)Oc1cc2oc(=O)c3ccc(OCc4ccccc4)cc3n2c1. The molecule has 2 aromatic carbocycles. The lowest BCUT2D eigenvalue weighted by Gasteiger charge is -2.08. The molecule has 0 fully saturated rings. The highest BCUT2D eigenvalue weighted by molar-refractivity contribution is 5.82. The Balaban J connectivity index is 1.75. The van der Waals surface area contributed by atoms with Gasteiger partial charge in [0.05, 0.1) is 17.1 Å². The van der Waals surface area contributed by atoms with E-state index in [1.165, 1.54) is 13.0 Å². The van der Waals surface area contributed by atoms with Crippen LogP contribution in [0.25, 0.3) is 16.6 Å². The lowest BCUT2D eigenvalue weighted by Crippen LogP contribution is -2.03. The largest absolute Gasteiger partial charge is 0.489 e. The molecule has 0 unspecified atom stereocenters. The standard InChI is InChI=1S/C20H15NO5/c1-13(22)25-16-10-19-21(11-16)18-9-15(7-8-17(18)20(23)26-19)24-12-14-5-3-2-4-6-14/h2-11H,12H2,1H3. The summed E-state index contributed by atoms with van der Waals surface area (Å²) in [6.07, 6.45) is 1.60. The third-order valence-corrected chi connectivity index (χ3v) is 3.92. The average Bonchev–Trinajstić information content (AvgIpc) is 3.02. The van der Waals surface area contributed by atoms with E-state index < -0.39 is 11.6 Å². The molecule has 0 spiro atoms. The molecular formula is C20H15NO5. The predicted octanol–water partition coefficient (Wildman–Crippen LogP) is 3.55. The second kappa shape index (κ2) is 6.40. The summed E-state index contributed by atoms with van der Waals surface area (Å²) in [4.78, 5) is 23.3. The fraction of sp³-hybridized carbons (Fsp3) is 0.100. The molecule has 6 nitrogen and oxygen atoms in total. The maximum Gasteiger partial charge on any atom is 0.346 e. The zero-order valence-corrected chi connectivity index (χ0v) is 14.0. The smallest absolute Gasteiger partial charge is 0.346 e. The molecule has 2 aromatic heterocycles. The van der Waals surface area contributed by atoms with Gasteiger partial charge in [0.25, 0.3) is 0 Å². The fourth-order valence-electron chi connectivity index (χ4n) is 2.77. The molecule has 0 radical (unpaired) electrons. The first-order valence-corrected chi connectivity index (χ1v) is 8.04. The molecule has 4 aromatic rings. The highest BCUT2D eigenvalue weighted by Crippen LogP contribution is 2.25. The Morgan fingerprint density at radius 3 is 2.65 bits per heavy atom. The zero-order valence-electron chi connectivity index (χ0n) is 14.0. The Bertz CT molecular complexity index is 1160. The Hall–Kier alpha value is -3.54. The van der Waals surface area contributed by atoms with E-state index in [1.807, 2.05) is 30.3 Å². The van der Waals surface area contributed by atoms with E-state index in [0.29, 0.717) is 34.7 Å². The van der Waals surface area contributed by atoms with Crippen molar-refractivity contribution >= 4 is 22.6 Å². The van der Waals surface area contributed by atoms with Gasteiger partial charge in [0, 0.05) is 19.1 Å². The minimum atomic E-state index is -0.463. The molecule has 0 saturated heterocycles. The van der Waals surface area contributed by atoms with E-state index in [0.717, 1.165) is 5.56 Å². The third-order valence-electron chi connectivity index (χ3n) is 3.92. The quantitative estimate of drug-likeness (QED) is 0.527. The monoisotopic (exact) mass is 349 g/mol. The van der Waals surface area contributed by atoms with Crippen molar-refractivity contribution < 1.29 is 18.7 Å². The number of ether oxygens (including phenoxy) is 2. The summed E-state index contributed by atoms with van der Waals surface area (Å²) >= 11 is 0. The van der Waals surface area contributed by atoms with Gasteiger partial charge >= 0.3 is 11.6 Å². The van der Waals surface area contributed by atoms with E-state index in [1.54, 1.807) is 28.8 Å². The van der Waals surface area contributed by atoms with E-state index >= 15 is 0 Å². The molecule has 0 N–H and O–H groups in total. The average molecular weight is 349 g/mol. The fourth-order valence-corrected chi connectivity index (χ4v) is 2.77. The first kappa shape index (κ1) is 16.0. The van der Waals surface area contributed by atoms with Crippen LogP contribution in [0.1, 0.15) is 12.5 Å². The highest BCUT2D eigenvalue weighted by Gasteiger charge is 2.12. The molecule has 4 rings (SSSR count). The number of rotatable bonds is 4. The first-order chi connectivity index (χ1) is 12.6. The van der Waals surface area contributed by atoms with E-state index in [4.69, 9.17) is 13.9 Å². The number of fused-ring (bicyclic) bond motifs is 3. The number of hydrogen-bond acceptors (Lipinski definition) is 5. The van der Waals surface area contributed by atoms with Crippen LogP contribution in [0, 0.1) is 0 Å². The summed E-state index contributed by atoms with van der Waals surface area (Å²) in [5.74, 6) is 0.485. The first-order valence-electron chi connectivity index (χ1n) is 8.04. The van der Waals surface area contributed by atoms with Crippen molar-refractivity contribution in [2.75, 3.05) is 0 Å². The molecule has 0 aliphatic rings. The van der Waals surface area contributed by atoms with Crippen LogP contribution < -0.4 is 15.1 Å². The van der Waals surface area contributed by atoms with Gasteiger partial charge in [-0.25, -0.2) is 4.79 Å². The Morgan fingerprint density at radius 2 is 1.88 bits per heavy atom.